The van der Waals surface area contributed by atoms with Crippen LogP contribution in [-0.2, 0) is 5.41 Å². The summed E-state index contributed by atoms with van der Waals surface area (Å²) in [5, 5.41) is 11.4. The Balaban J connectivity index is 1.74. The van der Waals surface area contributed by atoms with Crippen LogP contribution in [0, 0.1) is 0 Å². The van der Waals surface area contributed by atoms with Crippen molar-refractivity contribution >= 4 is 17.5 Å². The first-order valence-corrected chi connectivity index (χ1v) is 7.85. The van der Waals surface area contributed by atoms with Gasteiger partial charge in [0.05, 0.1) is 6.20 Å². The number of aromatic nitrogens is 3. The summed E-state index contributed by atoms with van der Waals surface area (Å²) >= 11 is 0. The van der Waals surface area contributed by atoms with Gasteiger partial charge >= 0.3 is 0 Å². The minimum Gasteiger partial charge on any atom is -0.355 e. The van der Waals surface area contributed by atoms with E-state index in [1.54, 1.807) is 6.20 Å². The molecule has 0 bridgehead atoms. The van der Waals surface area contributed by atoms with Gasteiger partial charge in [0, 0.05) is 18.8 Å². The van der Waals surface area contributed by atoms with Crippen molar-refractivity contribution in [3.05, 3.63) is 36.0 Å². The van der Waals surface area contributed by atoms with Crippen molar-refractivity contribution in [2.24, 2.45) is 0 Å². The summed E-state index contributed by atoms with van der Waals surface area (Å²) < 4.78 is 0. The molecule has 116 valence electrons. The standard InChI is InChI=1S/C17H23N5/c1-17(2,3)13-6-8-14(9-7-13)19-16-20-15(12-18-21-16)22-10-4-5-11-22/h6-9,12H,4-5,10-11H2,1-3H3,(H,19,20,21). The van der Waals surface area contributed by atoms with Gasteiger partial charge < -0.3 is 10.2 Å². The third-order valence-electron chi connectivity index (χ3n) is 3.98. The Kier molecular flexibility index (Phi) is 3.96. The van der Waals surface area contributed by atoms with Crippen LogP contribution in [0.3, 0.4) is 0 Å². The number of hydrogen-bond donors (Lipinski definition) is 1. The second kappa shape index (κ2) is 5.91. The van der Waals surface area contributed by atoms with Gasteiger partial charge in [0.15, 0.2) is 5.82 Å². The molecule has 3 rings (SSSR count). The van der Waals surface area contributed by atoms with Gasteiger partial charge in [-0.05, 0) is 36.0 Å². The maximum absolute atomic E-state index is 4.56. The van der Waals surface area contributed by atoms with Crippen molar-refractivity contribution in [1.82, 2.24) is 15.2 Å². The zero-order valence-electron chi connectivity index (χ0n) is 13.5. The summed E-state index contributed by atoms with van der Waals surface area (Å²) in [6.07, 6.45) is 4.18. The molecule has 2 heterocycles. The normalized spacial score (nSPS) is 15.1. The molecule has 0 unspecified atom stereocenters. The average molecular weight is 297 g/mol. The van der Waals surface area contributed by atoms with Gasteiger partial charge in [-0.2, -0.15) is 10.1 Å². The van der Waals surface area contributed by atoms with E-state index in [4.69, 9.17) is 0 Å². The molecule has 1 saturated heterocycles. The smallest absolute Gasteiger partial charge is 0.249 e. The lowest BCUT2D eigenvalue weighted by molar-refractivity contribution is 0.590. The fourth-order valence-corrected chi connectivity index (χ4v) is 2.63. The van der Waals surface area contributed by atoms with Crippen LogP contribution < -0.4 is 10.2 Å². The SMILES string of the molecule is CC(C)(C)c1ccc(Nc2nncc(N3CCCC3)n2)cc1. The number of benzene rings is 1. The van der Waals surface area contributed by atoms with Gasteiger partial charge in [0.1, 0.15) is 0 Å². The van der Waals surface area contributed by atoms with Crippen LogP contribution in [0.5, 0.6) is 0 Å². The number of nitrogens with zero attached hydrogens (tertiary/aromatic N) is 4. The maximum atomic E-state index is 4.56. The lowest BCUT2D eigenvalue weighted by Gasteiger charge is -2.19. The van der Waals surface area contributed by atoms with E-state index >= 15 is 0 Å². The Labute approximate surface area is 131 Å². The molecule has 22 heavy (non-hydrogen) atoms. The predicted octanol–water partition coefficient (Wildman–Crippen LogP) is 3.51. The molecule has 5 heteroatoms. The van der Waals surface area contributed by atoms with Gasteiger partial charge in [0.25, 0.3) is 0 Å². The van der Waals surface area contributed by atoms with Crippen LogP contribution in [0.25, 0.3) is 0 Å². The third-order valence-corrected chi connectivity index (χ3v) is 3.98. The van der Waals surface area contributed by atoms with Crippen molar-refractivity contribution in [1.29, 1.82) is 0 Å². The third kappa shape index (κ3) is 3.35. The molecule has 1 aliphatic heterocycles. The highest BCUT2D eigenvalue weighted by atomic mass is 15.3. The summed E-state index contributed by atoms with van der Waals surface area (Å²) in [5.41, 5.74) is 2.45. The van der Waals surface area contributed by atoms with Crippen molar-refractivity contribution in [2.75, 3.05) is 23.3 Å². The Morgan fingerprint density at radius 1 is 1.05 bits per heavy atom. The number of anilines is 3. The number of hydrogen-bond acceptors (Lipinski definition) is 5. The summed E-state index contributed by atoms with van der Waals surface area (Å²) in [5.74, 6) is 1.45. The van der Waals surface area contributed by atoms with E-state index in [-0.39, 0.29) is 5.41 Å². The summed E-state index contributed by atoms with van der Waals surface area (Å²) in [6, 6.07) is 8.40. The van der Waals surface area contributed by atoms with Crippen molar-refractivity contribution < 1.29 is 0 Å². The van der Waals surface area contributed by atoms with E-state index in [0.717, 1.165) is 24.6 Å². The molecule has 0 aliphatic carbocycles. The van der Waals surface area contributed by atoms with Crippen LogP contribution in [0.4, 0.5) is 17.5 Å². The van der Waals surface area contributed by atoms with Crippen LogP contribution in [-0.4, -0.2) is 28.3 Å². The van der Waals surface area contributed by atoms with E-state index in [1.165, 1.54) is 18.4 Å². The fraction of sp³-hybridized carbons (Fsp3) is 0.471. The molecule has 0 amide bonds. The lowest BCUT2D eigenvalue weighted by Crippen LogP contribution is -2.19. The van der Waals surface area contributed by atoms with E-state index in [1.807, 2.05) is 0 Å². The Bertz CT molecular complexity index is 624. The average Bonchev–Trinajstić information content (AvgIpc) is 3.01. The summed E-state index contributed by atoms with van der Waals surface area (Å²) in [7, 11) is 0. The number of rotatable bonds is 3. The molecule has 1 fully saturated rings. The summed E-state index contributed by atoms with van der Waals surface area (Å²) in [4.78, 5) is 6.81. The van der Waals surface area contributed by atoms with Crippen LogP contribution in [0.15, 0.2) is 30.5 Å². The molecule has 1 aromatic heterocycles. The maximum Gasteiger partial charge on any atom is 0.249 e. The van der Waals surface area contributed by atoms with E-state index in [9.17, 15) is 0 Å². The monoisotopic (exact) mass is 297 g/mol. The van der Waals surface area contributed by atoms with Gasteiger partial charge in [0.2, 0.25) is 5.95 Å². The molecule has 0 spiro atoms. The Hall–Kier alpha value is -2.17. The van der Waals surface area contributed by atoms with Crippen LogP contribution in [0.1, 0.15) is 39.2 Å². The van der Waals surface area contributed by atoms with Gasteiger partial charge in [-0.25, -0.2) is 0 Å². The first-order chi connectivity index (χ1) is 10.5. The zero-order chi connectivity index (χ0) is 15.6. The highest BCUT2D eigenvalue weighted by Crippen LogP contribution is 2.24. The second-order valence-corrected chi connectivity index (χ2v) is 6.78. The molecule has 0 radical (unpaired) electrons. The van der Waals surface area contributed by atoms with Crippen molar-refractivity contribution in [3.63, 3.8) is 0 Å². The Morgan fingerprint density at radius 2 is 1.73 bits per heavy atom. The first kappa shape index (κ1) is 14.8. The number of nitrogens with one attached hydrogen (secondary N) is 1. The molecular formula is C17H23N5. The second-order valence-electron chi connectivity index (χ2n) is 6.78. The van der Waals surface area contributed by atoms with Crippen molar-refractivity contribution in [2.45, 2.75) is 39.0 Å². The van der Waals surface area contributed by atoms with Crippen molar-refractivity contribution in [3.8, 4) is 0 Å². The highest BCUT2D eigenvalue weighted by molar-refractivity contribution is 5.55. The molecule has 5 nitrogen and oxygen atoms in total. The zero-order valence-corrected chi connectivity index (χ0v) is 13.5. The van der Waals surface area contributed by atoms with E-state index in [2.05, 4.69) is 70.4 Å². The molecule has 1 N–H and O–H groups in total. The van der Waals surface area contributed by atoms with E-state index in [0.29, 0.717) is 5.95 Å². The first-order valence-electron chi connectivity index (χ1n) is 7.85. The van der Waals surface area contributed by atoms with Gasteiger partial charge in [-0.3, -0.25) is 0 Å². The molecule has 0 atom stereocenters. The quantitative estimate of drug-likeness (QED) is 0.939. The molecule has 0 saturated carbocycles. The Morgan fingerprint density at radius 3 is 2.36 bits per heavy atom. The highest BCUT2D eigenvalue weighted by Gasteiger charge is 2.15. The predicted molar refractivity (Wildman–Crippen MR) is 89.7 cm³/mol. The minimum atomic E-state index is 0.159. The van der Waals surface area contributed by atoms with Crippen LogP contribution in [0.2, 0.25) is 0 Å². The fourth-order valence-electron chi connectivity index (χ4n) is 2.63. The van der Waals surface area contributed by atoms with Crippen LogP contribution >= 0.6 is 0 Å². The molecule has 1 aliphatic rings. The molecule has 1 aromatic carbocycles. The largest absolute Gasteiger partial charge is 0.355 e. The van der Waals surface area contributed by atoms with Gasteiger partial charge in [-0.15, -0.1) is 5.10 Å². The van der Waals surface area contributed by atoms with E-state index < -0.39 is 0 Å². The topological polar surface area (TPSA) is 53.9 Å². The van der Waals surface area contributed by atoms with Gasteiger partial charge in [-0.1, -0.05) is 32.9 Å². The molecule has 2 aromatic rings. The lowest BCUT2D eigenvalue weighted by atomic mass is 9.87. The molecular weight excluding hydrogens is 274 g/mol. The minimum absolute atomic E-state index is 0.159. The summed E-state index contributed by atoms with van der Waals surface area (Å²) in [6.45, 7) is 8.74.